The van der Waals surface area contributed by atoms with Gasteiger partial charge in [0.25, 0.3) is 5.91 Å². The molecule has 0 aromatic carbocycles. The van der Waals surface area contributed by atoms with Gasteiger partial charge in [-0.05, 0) is 12.1 Å². The number of amides is 1. The lowest BCUT2D eigenvalue weighted by atomic mass is 10.3. The Balaban J connectivity index is 0.000000304. The Morgan fingerprint density at radius 2 is 1.95 bits per heavy atom. The second kappa shape index (κ2) is 10.1. The van der Waals surface area contributed by atoms with E-state index in [2.05, 4.69) is 25.7 Å². The summed E-state index contributed by atoms with van der Waals surface area (Å²) in [6.45, 7) is 4.36. The van der Waals surface area contributed by atoms with E-state index >= 15 is 0 Å². The van der Waals surface area contributed by atoms with Gasteiger partial charge in [0.1, 0.15) is 11.7 Å². The number of esters is 1. The van der Waals surface area contributed by atoms with Gasteiger partial charge in [0.15, 0.2) is 0 Å². The molecule has 3 N–H and O–H groups in total. The standard InChI is InChI=1S/C9H9ClN2O3.C4H10N2/c1-15-7(13)5-12-9(14)6-3-2-4-11-8(6)10;1-2-6-4-3-5-1/h2-4H,5H2,1H3,(H,12,14);5-6H,1-4H2. The third kappa shape index (κ3) is 7.03. The fourth-order valence-electron chi connectivity index (χ4n) is 1.48. The fourth-order valence-corrected chi connectivity index (χ4v) is 1.68. The summed E-state index contributed by atoms with van der Waals surface area (Å²) in [4.78, 5) is 25.9. The Bertz CT molecular complexity index is 455. The summed E-state index contributed by atoms with van der Waals surface area (Å²) in [6.07, 6.45) is 1.47. The van der Waals surface area contributed by atoms with E-state index in [9.17, 15) is 9.59 Å². The normalized spacial score (nSPS) is 13.6. The van der Waals surface area contributed by atoms with Crippen LogP contribution < -0.4 is 16.0 Å². The first-order chi connectivity index (χ1) is 10.1. The predicted octanol–water partition coefficient (Wildman–Crippen LogP) is -0.183. The van der Waals surface area contributed by atoms with E-state index in [0.717, 1.165) is 26.2 Å². The molecule has 0 radical (unpaired) electrons. The highest BCUT2D eigenvalue weighted by Crippen LogP contribution is 2.10. The molecular formula is C13H19ClN4O3. The third-order valence-electron chi connectivity index (χ3n) is 2.58. The van der Waals surface area contributed by atoms with Gasteiger partial charge in [-0.2, -0.15) is 0 Å². The molecule has 1 aliphatic heterocycles. The number of pyridine rings is 1. The molecule has 8 heteroatoms. The number of piperazine rings is 1. The van der Waals surface area contributed by atoms with Gasteiger partial charge in [-0.25, -0.2) is 4.98 Å². The summed E-state index contributed by atoms with van der Waals surface area (Å²) < 4.78 is 4.36. The fraction of sp³-hybridized carbons (Fsp3) is 0.462. The zero-order chi connectivity index (χ0) is 15.5. The minimum absolute atomic E-state index is 0.0971. The Kier molecular flexibility index (Phi) is 8.34. The molecule has 0 aliphatic carbocycles. The number of ether oxygens (including phenoxy) is 1. The Hall–Kier alpha value is -1.70. The van der Waals surface area contributed by atoms with E-state index in [1.54, 1.807) is 6.07 Å². The van der Waals surface area contributed by atoms with Crippen molar-refractivity contribution < 1.29 is 14.3 Å². The molecule has 0 bridgehead atoms. The van der Waals surface area contributed by atoms with Crippen molar-refractivity contribution in [1.29, 1.82) is 0 Å². The molecule has 7 nitrogen and oxygen atoms in total. The average Bonchev–Trinajstić information content (AvgIpc) is 2.55. The summed E-state index contributed by atoms with van der Waals surface area (Å²) in [5.74, 6) is -0.984. The number of rotatable bonds is 3. The molecule has 1 aliphatic rings. The van der Waals surface area contributed by atoms with E-state index < -0.39 is 11.9 Å². The van der Waals surface area contributed by atoms with E-state index in [-0.39, 0.29) is 17.3 Å². The molecule has 1 saturated heterocycles. The number of methoxy groups -OCH3 is 1. The summed E-state index contributed by atoms with van der Waals surface area (Å²) in [5.41, 5.74) is 0.225. The highest BCUT2D eigenvalue weighted by molar-refractivity contribution is 6.32. The maximum absolute atomic E-state index is 11.4. The Labute approximate surface area is 128 Å². The van der Waals surface area contributed by atoms with Crippen LogP contribution in [0.15, 0.2) is 18.3 Å². The van der Waals surface area contributed by atoms with E-state index in [4.69, 9.17) is 11.6 Å². The Morgan fingerprint density at radius 3 is 2.43 bits per heavy atom. The third-order valence-corrected chi connectivity index (χ3v) is 2.88. The molecule has 1 aromatic rings. The van der Waals surface area contributed by atoms with Gasteiger partial charge in [0.2, 0.25) is 0 Å². The molecule has 1 aromatic heterocycles. The van der Waals surface area contributed by atoms with Crippen molar-refractivity contribution in [2.75, 3.05) is 39.8 Å². The van der Waals surface area contributed by atoms with Crippen molar-refractivity contribution in [2.24, 2.45) is 0 Å². The first kappa shape index (κ1) is 17.4. The van der Waals surface area contributed by atoms with Crippen LogP contribution in [0, 0.1) is 0 Å². The quantitative estimate of drug-likeness (QED) is 0.529. The van der Waals surface area contributed by atoms with E-state index in [0.29, 0.717) is 0 Å². The zero-order valence-corrected chi connectivity index (χ0v) is 12.6. The van der Waals surface area contributed by atoms with Crippen LogP contribution in [0.3, 0.4) is 0 Å². The number of nitrogens with zero attached hydrogens (tertiary/aromatic N) is 1. The van der Waals surface area contributed by atoms with Gasteiger partial charge in [-0.3, -0.25) is 9.59 Å². The summed E-state index contributed by atoms with van der Waals surface area (Å²) >= 11 is 5.68. The Morgan fingerprint density at radius 1 is 1.33 bits per heavy atom. The lowest BCUT2D eigenvalue weighted by molar-refractivity contribution is -0.139. The number of aromatic nitrogens is 1. The molecule has 0 atom stereocenters. The maximum Gasteiger partial charge on any atom is 0.325 e. The minimum Gasteiger partial charge on any atom is -0.468 e. The molecular weight excluding hydrogens is 296 g/mol. The highest BCUT2D eigenvalue weighted by Gasteiger charge is 2.11. The SMILES string of the molecule is C1CNCCN1.COC(=O)CNC(=O)c1cccnc1Cl. The van der Waals surface area contributed by atoms with Crippen LogP contribution in [0.25, 0.3) is 0 Å². The first-order valence-corrected chi connectivity index (χ1v) is 6.90. The molecule has 21 heavy (non-hydrogen) atoms. The molecule has 1 fully saturated rings. The van der Waals surface area contributed by atoms with Crippen LogP contribution in [0.2, 0.25) is 5.15 Å². The first-order valence-electron chi connectivity index (χ1n) is 6.52. The topological polar surface area (TPSA) is 92.4 Å². The van der Waals surface area contributed by atoms with Crippen LogP contribution in [0.4, 0.5) is 0 Å². The van der Waals surface area contributed by atoms with Gasteiger partial charge >= 0.3 is 5.97 Å². The van der Waals surface area contributed by atoms with Gasteiger partial charge in [-0.15, -0.1) is 0 Å². The largest absolute Gasteiger partial charge is 0.468 e. The maximum atomic E-state index is 11.4. The summed E-state index contributed by atoms with van der Waals surface area (Å²) in [5, 5.41) is 8.89. The summed E-state index contributed by atoms with van der Waals surface area (Å²) in [7, 11) is 1.24. The molecule has 1 amide bonds. The predicted molar refractivity (Wildman–Crippen MR) is 79.3 cm³/mol. The van der Waals surface area contributed by atoms with Crippen LogP contribution in [0.1, 0.15) is 10.4 Å². The van der Waals surface area contributed by atoms with Crippen molar-refractivity contribution >= 4 is 23.5 Å². The van der Waals surface area contributed by atoms with Crippen molar-refractivity contribution in [3.8, 4) is 0 Å². The molecule has 0 saturated carbocycles. The second-order valence-corrected chi connectivity index (χ2v) is 4.46. The number of hydrogen-bond acceptors (Lipinski definition) is 6. The number of hydrogen-bond donors (Lipinski definition) is 3. The van der Waals surface area contributed by atoms with Gasteiger partial charge in [-0.1, -0.05) is 11.6 Å². The number of nitrogens with one attached hydrogen (secondary N) is 3. The average molecular weight is 315 g/mol. The van der Waals surface area contributed by atoms with E-state index in [1.165, 1.54) is 19.4 Å². The van der Waals surface area contributed by atoms with Crippen molar-refractivity contribution in [3.05, 3.63) is 29.0 Å². The van der Waals surface area contributed by atoms with Crippen LogP contribution in [0.5, 0.6) is 0 Å². The number of carbonyl (C=O) groups excluding carboxylic acids is 2. The molecule has 0 spiro atoms. The second-order valence-electron chi connectivity index (χ2n) is 4.10. The monoisotopic (exact) mass is 314 g/mol. The van der Waals surface area contributed by atoms with Crippen LogP contribution in [-0.2, 0) is 9.53 Å². The lowest BCUT2D eigenvalue weighted by Crippen LogP contribution is -2.39. The molecule has 0 unspecified atom stereocenters. The lowest BCUT2D eigenvalue weighted by Gasteiger charge is -2.11. The van der Waals surface area contributed by atoms with Gasteiger partial charge in [0.05, 0.1) is 12.7 Å². The van der Waals surface area contributed by atoms with Crippen LogP contribution in [-0.4, -0.2) is 56.7 Å². The molecule has 2 heterocycles. The van der Waals surface area contributed by atoms with Gasteiger partial charge in [0, 0.05) is 32.4 Å². The van der Waals surface area contributed by atoms with Crippen molar-refractivity contribution in [3.63, 3.8) is 0 Å². The zero-order valence-electron chi connectivity index (χ0n) is 11.8. The van der Waals surface area contributed by atoms with Crippen LogP contribution >= 0.6 is 11.6 Å². The number of carbonyl (C=O) groups is 2. The summed E-state index contributed by atoms with van der Waals surface area (Å²) in [6, 6.07) is 3.10. The van der Waals surface area contributed by atoms with Crippen molar-refractivity contribution in [2.45, 2.75) is 0 Å². The van der Waals surface area contributed by atoms with Gasteiger partial charge < -0.3 is 20.7 Å². The van der Waals surface area contributed by atoms with Crippen molar-refractivity contribution in [1.82, 2.24) is 20.9 Å². The molecule has 116 valence electrons. The molecule has 2 rings (SSSR count). The highest BCUT2D eigenvalue weighted by atomic mass is 35.5. The smallest absolute Gasteiger partial charge is 0.325 e. The van der Waals surface area contributed by atoms with E-state index in [1.807, 2.05) is 0 Å². The minimum atomic E-state index is -0.525. The number of halogens is 1.